The molecule has 0 saturated heterocycles. The molecule has 0 fully saturated rings. The van der Waals surface area contributed by atoms with Crippen LogP contribution in [0.2, 0.25) is 0 Å². The van der Waals surface area contributed by atoms with E-state index in [1.807, 2.05) is 57.2 Å². The van der Waals surface area contributed by atoms with E-state index in [1.54, 1.807) is 0 Å². The largest absolute Gasteiger partial charge is 0.498 e. The van der Waals surface area contributed by atoms with Crippen molar-refractivity contribution in [3.8, 4) is 5.75 Å². The number of aromatic nitrogens is 2. The zero-order valence-electron chi connectivity index (χ0n) is 28.1. The molecule has 1 aliphatic rings. The maximum atomic E-state index is 13.8. The summed E-state index contributed by atoms with van der Waals surface area (Å²) in [4.78, 5) is 21.0. The third kappa shape index (κ3) is 9.77. The molecule has 0 spiro atoms. The Labute approximate surface area is 286 Å². The van der Waals surface area contributed by atoms with Gasteiger partial charge in [-0.3, -0.25) is 4.79 Å². The quantitative estimate of drug-likeness (QED) is 0.124. The van der Waals surface area contributed by atoms with Gasteiger partial charge in [0.1, 0.15) is 5.60 Å². The molecule has 1 aliphatic carbocycles. The van der Waals surface area contributed by atoms with E-state index in [9.17, 15) is 31.1 Å². The summed E-state index contributed by atoms with van der Waals surface area (Å²) in [7, 11) is 1.48. The number of alkyl halides is 6. The number of allylic oxidation sites excluding steroid dienone is 2. The molecule has 50 heavy (non-hydrogen) atoms. The SMILES string of the molecule is CCOC1=CC=C(c2cccc(C(C)C)c2)C(CN(Cc2cc(C(F)(F)F)cc(C(F)(F)F)c2)c2ncc(OCCCC(=O)O)cn2)(OC)C1. The predicted octanol–water partition coefficient (Wildman–Crippen LogP) is 8.68. The van der Waals surface area contributed by atoms with Gasteiger partial charge in [0.25, 0.3) is 0 Å². The molecule has 270 valence electrons. The third-order valence-electron chi connectivity index (χ3n) is 8.14. The van der Waals surface area contributed by atoms with Crippen LogP contribution in [-0.2, 0) is 33.2 Å². The molecule has 0 aliphatic heterocycles. The Hall–Kier alpha value is -4.59. The molecular weight excluding hydrogens is 668 g/mol. The topological polar surface area (TPSA) is 94.0 Å². The first-order chi connectivity index (χ1) is 23.5. The van der Waals surface area contributed by atoms with E-state index in [2.05, 4.69) is 9.97 Å². The zero-order chi connectivity index (χ0) is 36.7. The minimum atomic E-state index is -5.04. The summed E-state index contributed by atoms with van der Waals surface area (Å²) >= 11 is 0. The first kappa shape index (κ1) is 38.2. The summed E-state index contributed by atoms with van der Waals surface area (Å²) in [6.45, 7) is 5.76. The van der Waals surface area contributed by atoms with Crippen LogP contribution in [0.25, 0.3) is 5.57 Å². The van der Waals surface area contributed by atoms with Gasteiger partial charge in [0, 0.05) is 26.5 Å². The molecule has 8 nitrogen and oxygen atoms in total. The molecule has 14 heteroatoms. The van der Waals surface area contributed by atoms with Crippen LogP contribution in [0.15, 0.2) is 72.8 Å². The number of carboxylic acid groups (broad SMARTS) is 1. The van der Waals surface area contributed by atoms with Gasteiger partial charge in [-0.25, -0.2) is 9.97 Å². The van der Waals surface area contributed by atoms with Gasteiger partial charge < -0.3 is 24.2 Å². The van der Waals surface area contributed by atoms with Crippen LogP contribution in [0.3, 0.4) is 0 Å². The van der Waals surface area contributed by atoms with Crippen molar-refractivity contribution in [1.29, 1.82) is 0 Å². The van der Waals surface area contributed by atoms with Gasteiger partial charge in [0.05, 0.1) is 49.0 Å². The minimum Gasteiger partial charge on any atom is -0.498 e. The second-order valence-corrected chi connectivity index (χ2v) is 12.1. The predicted molar refractivity (Wildman–Crippen MR) is 174 cm³/mol. The normalized spacial score (nSPS) is 16.5. The van der Waals surface area contributed by atoms with Crippen molar-refractivity contribution in [1.82, 2.24) is 9.97 Å². The number of carbonyl (C=O) groups is 1. The lowest BCUT2D eigenvalue weighted by molar-refractivity contribution is -0.143. The van der Waals surface area contributed by atoms with Gasteiger partial charge in [0.15, 0.2) is 5.75 Å². The lowest BCUT2D eigenvalue weighted by Crippen LogP contribution is -2.47. The number of aliphatic carboxylic acids is 1. The van der Waals surface area contributed by atoms with Crippen LogP contribution >= 0.6 is 0 Å². The van der Waals surface area contributed by atoms with Crippen molar-refractivity contribution < 1.29 is 50.5 Å². The van der Waals surface area contributed by atoms with Crippen molar-refractivity contribution in [2.75, 3.05) is 31.8 Å². The fraction of sp³-hybridized carbons (Fsp3) is 0.417. The number of methoxy groups -OCH3 is 1. The molecule has 1 heterocycles. The summed E-state index contributed by atoms with van der Waals surface area (Å²) in [5.41, 5.74) is -1.81. The Kier molecular flexibility index (Phi) is 12.2. The Morgan fingerprint density at radius 2 is 1.64 bits per heavy atom. The molecule has 1 unspecified atom stereocenters. The Morgan fingerprint density at radius 3 is 2.20 bits per heavy atom. The number of hydrogen-bond acceptors (Lipinski definition) is 7. The molecule has 1 N–H and O–H groups in total. The highest BCUT2D eigenvalue weighted by Gasteiger charge is 2.42. The number of halogens is 6. The van der Waals surface area contributed by atoms with Crippen molar-refractivity contribution in [2.45, 2.75) is 70.4 Å². The fourth-order valence-corrected chi connectivity index (χ4v) is 5.66. The second kappa shape index (κ2) is 16.0. The third-order valence-corrected chi connectivity index (χ3v) is 8.14. The van der Waals surface area contributed by atoms with Gasteiger partial charge in [0.2, 0.25) is 5.95 Å². The van der Waals surface area contributed by atoms with Crippen LogP contribution in [0.1, 0.15) is 73.8 Å². The first-order valence-electron chi connectivity index (χ1n) is 15.9. The molecule has 0 amide bonds. The molecular formula is C36H39F6N3O5. The summed E-state index contributed by atoms with van der Waals surface area (Å²) in [5.74, 6) is -0.0374. The van der Waals surface area contributed by atoms with Gasteiger partial charge in [-0.2, -0.15) is 26.3 Å². The van der Waals surface area contributed by atoms with E-state index < -0.39 is 41.6 Å². The molecule has 0 bridgehead atoms. The lowest BCUT2D eigenvalue weighted by Gasteiger charge is -2.41. The van der Waals surface area contributed by atoms with Crippen molar-refractivity contribution in [2.24, 2.45) is 0 Å². The number of nitrogens with zero attached hydrogens (tertiary/aromatic N) is 3. The van der Waals surface area contributed by atoms with Gasteiger partial charge >= 0.3 is 18.3 Å². The maximum Gasteiger partial charge on any atom is 0.416 e. The highest BCUT2D eigenvalue weighted by atomic mass is 19.4. The lowest BCUT2D eigenvalue weighted by atomic mass is 9.80. The number of benzene rings is 2. The van der Waals surface area contributed by atoms with Gasteiger partial charge in [-0.1, -0.05) is 44.2 Å². The molecule has 1 aromatic heterocycles. The molecule has 4 rings (SSSR count). The van der Waals surface area contributed by atoms with Crippen molar-refractivity contribution in [3.05, 3.63) is 101 Å². The number of carboxylic acids is 1. The van der Waals surface area contributed by atoms with Crippen LogP contribution in [0.5, 0.6) is 5.75 Å². The van der Waals surface area contributed by atoms with E-state index in [0.717, 1.165) is 11.1 Å². The number of rotatable bonds is 15. The monoisotopic (exact) mass is 707 g/mol. The molecule has 2 aromatic carbocycles. The fourth-order valence-electron chi connectivity index (χ4n) is 5.66. The Bertz CT molecular complexity index is 1660. The molecule has 0 saturated carbocycles. The minimum absolute atomic E-state index is 0.0203. The van der Waals surface area contributed by atoms with Crippen LogP contribution in [0, 0.1) is 0 Å². The number of ether oxygens (including phenoxy) is 3. The first-order valence-corrected chi connectivity index (χ1v) is 15.9. The Morgan fingerprint density at radius 1 is 0.980 bits per heavy atom. The summed E-state index contributed by atoms with van der Waals surface area (Å²) in [6, 6.07) is 9.26. The number of hydrogen-bond donors (Lipinski definition) is 1. The van der Waals surface area contributed by atoms with Crippen molar-refractivity contribution in [3.63, 3.8) is 0 Å². The van der Waals surface area contributed by atoms with Crippen molar-refractivity contribution >= 4 is 17.5 Å². The van der Waals surface area contributed by atoms with E-state index >= 15 is 0 Å². The molecule has 1 atom stereocenters. The smallest absolute Gasteiger partial charge is 0.416 e. The molecule has 0 radical (unpaired) electrons. The zero-order valence-corrected chi connectivity index (χ0v) is 28.1. The standard InChI is InChI=1S/C36H39F6N3O5/c1-5-49-29-11-12-31(26-9-6-8-25(16-26)23(2)3)34(18-29,48-4)22-45(33-43-19-30(20-44-33)50-13-7-10-32(46)47)21-24-14-27(35(37,38)39)17-28(15-24)36(40,41)42/h6,8-9,11-12,14-17,19-20,23H,5,7,10,13,18,21-22H2,1-4H3,(H,46,47). The second-order valence-electron chi connectivity index (χ2n) is 12.1. The summed E-state index contributed by atoms with van der Waals surface area (Å²) < 4.78 is 101. The maximum absolute atomic E-state index is 13.8. The Balaban J connectivity index is 1.82. The van der Waals surface area contributed by atoms with Gasteiger partial charge in [-0.15, -0.1) is 0 Å². The van der Waals surface area contributed by atoms with E-state index in [-0.39, 0.29) is 61.7 Å². The average Bonchev–Trinajstić information content (AvgIpc) is 3.06. The van der Waals surface area contributed by atoms with E-state index in [1.165, 1.54) is 24.4 Å². The highest BCUT2D eigenvalue weighted by molar-refractivity contribution is 5.76. The van der Waals surface area contributed by atoms with Crippen LogP contribution < -0.4 is 9.64 Å². The highest BCUT2D eigenvalue weighted by Crippen LogP contribution is 2.42. The number of anilines is 1. The van der Waals surface area contributed by atoms with Crippen LogP contribution in [0.4, 0.5) is 32.3 Å². The average molecular weight is 708 g/mol. The van der Waals surface area contributed by atoms with Crippen LogP contribution in [-0.4, -0.2) is 53.5 Å². The van der Waals surface area contributed by atoms with Gasteiger partial charge in [-0.05, 0) is 65.8 Å². The summed E-state index contributed by atoms with van der Waals surface area (Å²) in [5, 5.41) is 8.87. The summed E-state index contributed by atoms with van der Waals surface area (Å²) in [6.07, 6.45) is -3.51. The van der Waals surface area contributed by atoms with E-state index in [4.69, 9.17) is 19.3 Å². The molecule has 3 aromatic rings. The van der Waals surface area contributed by atoms with E-state index in [0.29, 0.717) is 30.1 Å².